The standard InChI is InChI=1S/C18H17FN2OS/c1-14-5-2-3-6-15(14)12-23(22)13-17-9-10-21(20-17)18-8-4-7-16(19)11-18/h2-11H,12-13H2,1H3. The Balaban J connectivity index is 1.69. The quantitative estimate of drug-likeness (QED) is 0.714. The van der Waals surface area contributed by atoms with E-state index in [2.05, 4.69) is 5.10 Å². The van der Waals surface area contributed by atoms with Gasteiger partial charge < -0.3 is 0 Å². The largest absolute Gasteiger partial charge is 0.259 e. The molecule has 5 heteroatoms. The number of benzene rings is 2. The van der Waals surface area contributed by atoms with E-state index < -0.39 is 10.8 Å². The van der Waals surface area contributed by atoms with Crippen LogP contribution >= 0.6 is 0 Å². The molecule has 2 aromatic carbocycles. The van der Waals surface area contributed by atoms with Crippen LogP contribution in [0.2, 0.25) is 0 Å². The Kier molecular flexibility index (Phi) is 4.67. The van der Waals surface area contributed by atoms with Crippen molar-refractivity contribution in [1.29, 1.82) is 0 Å². The molecule has 0 aliphatic heterocycles. The molecular weight excluding hydrogens is 311 g/mol. The van der Waals surface area contributed by atoms with Gasteiger partial charge in [0.25, 0.3) is 0 Å². The van der Waals surface area contributed by atoms with Gasteiger partial charge in [0.2, 0.25) is 0 Å². The van der Waals surface area contributed by atoms with Gasteiger partial charge in [0.05, 0.1) is 17.1 Å². The molecule has 0 N–H and O–H groups in total. The fourth-order valence-electron chi connectivity index (χ4n) is 2.36. The van der Waals surface area contributed by atoms with Crippen LogP contribution in [0.1, 0.15) is 16.8 Å². The van der Waals surface area contributed by atoms with Crippen molar-refractivity contribution in [2.45, 2.75) is 18.4 Å². The van der Waals surface area contributed by atoms with Gasteiger partial charge in [-0.05, 0) is 42.3 Å². The molecule has 0 aliphatic carbocycles. The minimum Gasteiger partial charge on any atom is -0.259 e. The van der Waals surface area contributed by atoms with Crippen LogP contribution in [0.5, 0.6) is 0 Å². The Morgan fingerprint density at radius 3 is 2.70 bits per heavy atom. The van der Waals surface area contributed by atoms with Crippen LogP contribution in [0.15, 0.2) is 60.8 Å². The van der Waals surface area contributed by atoms with Crippen LogP contribution in [0.3, 0.4) is 0 Å². The van der Waals surface area contributed by atoms with Gasteiger partial charge in [0, 0.05) is 22.7 Å². The normalized spacial score (nSPS) is 12.3. The number of rotatable bonds is 5. The van der Waals surface area contributed by atoms with Gasteiger partial charge in [0.1, 0.15) is 5.82 Å². The summed E-state index contributed by atoms with van der Waals surface area (Å²) in [5.74, 6) is 0.596. The number of aryl methyl sites for hydroxylation is 1. The summed E-state index contributed by atoms with van der Waals surface area (Å²) < 4.78 is 27.2. The minimum atomic E-state index is -1.03. The van der Waals surface area contributed by atoms with Crippen LogP contribution in [0, 0.1) is 12.7 Å². The Bertz CT molecular complexity index is 844. The second-order valence-electron chi connectivity index (χ2n) is 5.39. The Hall–Kier alpha value is -2.27. The van der Waals surface area contributed by atoms with Crippen molar-refractivity contribution in [3.63, 3.8) is 0 Å². The SMILES string of the molecule is Cc1ccccc1CS(=O)Cc1ccn(-c2cccc(F)c2)n1. The van der Waals surface area contributed by atoms with Gasteiger partial charge in [-0.15, -0.1) is 0 Å². The lowest BCUT2D eigenvalue weighted by atomic mass is 10.1. The predicted octanol–water partition coefficient (Wildman–Crippen LogP) is 3.77. The molecule has 23 heavy (non-hydrogen) atoms. The number of aromatic nitrogens is 2. The van der Waals surface area contributed by atoms with Crippen molar-refractivity contribution in [3.8, 4) is 5.69 Å². The summed E-state index contributed by atoms with van der Waals surface area (Å²) in [6.07, 6.45) is 1.76. The van der Waals surface area contributed by atoms with Crippen LogP contribution in [-0.2, 0) is 22.3 Å². The highest BCUT2D eigenvalue weighted by atomic mass is 32.2. The van der Waals surface area contributed by atoms with Gasteiger partial charge in [0.15, 0.2) is 0 Å². The molecule has 118 valence electrons. The molecule has 0 saturated carbocycles. The third-order valence-corrected chi connectivity index (χ3v) is 4.85. The highest BCUT2D eigenvalue weighted by Gasteiger charge is 2.08. The molecule has 0 radical (unpaired) electrons. The lowest BCUT2D eigenvalue weighted by molar-refractivity contribution is 0.625. The van der Waals surface area contributed by atoms with E-state index >= 15 is 0 Å². The van der Waals surface area contributed by atoms with Crippen molar-refractivity contribution >= 4 is 10.8 Å². The van der Waals surface area contributed by atoms with Gasteiger partial charge >= 0.3 is 0 Å². The molecule has 0 saturated heterocycles. The second kappa shape index (κ2) is 6.87. The molecule has 1 aromatic heterocycles. The van der Waals surface area contributed by atoms with Crippen molar-refractivity contribution in [2.24, 2.45) is 0 Å². The van der Waals surface area contributed by atoms with Gasteiger partial charge in [-0.2, -0.15) is 5.10 Å². The minimum absolute atomic E-state index is 0.303. The first-order valence-corrected chi connectivity index (χ1v) is 8.80. The molecule has 0 fully saturated rings. The van der Waals surface area contributed by atoms with Crippen LogP contribution < -0.4 is 0 Å². The number of nitrogens with zero attached hydrogens (tertiary/aromatic N) is 2. The number of hydrogen-bond donors (Lipinski definition) is 0. The van der Waals surface area contributed by atoms with E-state index in [1.54, 1.807) is 23.0 Å². The smallest absolute Gasteiger partial charge is 0.125 e. The molecule has 1 atom stereocenters. The highest BCUT2D eigenvalue weighted by Crippen LogP contribution is 2.14. The van der Waals surface area contributed by atoms with Crippen molar-refractivity contribution in [3.05, 3.63) is 83.4 Å². The highest BCUT2D eigenvalue weighted by molar-refractivity contribution is 7.83. The van der Waals surface area contributed by atoms with Gasteiger partial charge in [-0.3, -0.25) is 4.21 Å². The van der Waals surface area contributed by atoms with Crippen molar-refractivity contribution in [2.75, 3.05) is 0 Å². The molecule has 3 rings (SSSR count). The molecule has 0 amide bonds. The third-order valence-electron chi connectivity index (χ3n) is 3.60. The lowest BCUT2D eigenvalue weighted by Gasteiger charge is -2.05. The zero-order valence-corrected chi connectivity index (χ0v) is 13.6. The first-order chi connectivity index (χ1) is 11.1. The first kappa shape index (κ1) is 15.6. The fourth-order valence-corrected chi connectivity index (χ4v) is 3.62. The summed E-state index contributed by atoms with van der Waals surface area (Å²) >= 11 is 0. The molecule has 0 bridgehead atoms. The van der Waals surface area contributed by atoms with Gasteiger partial charge in [-0.1, -0.05) is 30.3 Å². The van der Waals surface area contributed by atoms with E-state index in [4.69, 9.17) is 0 Å². The molecule has 3 nitrogen and oxygen atoms in total. The molecule has 0 spiro atoms. The molecule has 0 aliphatic rings. The molecule has 1 unspecified atom stereocenters. The topological polar surface area (TPSA) is 34.9 Å². The van der Waals surface area contributed by atoms with E-state index in [9.17, 15) is 8.60 Å². The monoisotopic (exact) mass is 328 g/mol. The maximum atomic E-state index is 13.3. The van der Waals surface area contributed by atoms with Gasteiger partial charge in [-0.25, -0.2) is 9.07 Å². The van der Waals surface area contributed by atoms with E-state index in [1.165, 1.54) is 12.1 Å². The number of hydrogen-bond acceptors (Lipinski definition) is 2. The average Bonchev–Trinajstić information content (AvgIpc) is 2.98. The van der Waals surface area contributed by atoms with E-state index in [0.717, 1.165) is 16.8 Å². The summed E-state index contributed by atoms with van der Waals surface area (Å²) in [5, 5.41) is 4.38. The third kappa shape index (κ3) is 3.93. The number of halogens is 1. The lowest BCUT2D eigenvalue weighted by Crippen LogP contribution is -2.03. The van der Waals surface area contributed by atoms with Crippen LogP contribution in [0.25, 0.3) is 5.69 Å². The fraction of sp³-hybridized carbons (Fsp3) is 0.167. The maximum Gasteiger partial charge on any atom is 0.125 e. The first-order valence-electron chi connectivity index (χ1n) is 7.32. The predicted molar refractivity (Wildman–Crippen MR) is 90.3 cm³/mol. The second-order valence-corrected chi connectivity index (χ2v) is 6.84. The van der Waals surface area contributed by atoms with Crippen molar-refractivity contribution < 1.29 is 8.60 Å². The van der Waals surface area contributed by atoms with E-state index in [1.807, 2.05) is 37.3 Å². The maximum absolute atomic E-state index is 13.3. The summed E-state index contributed by atoms with van der Waals surface area (Å²) in [7, 11) is -1.03. The van der Waals surface area contributed by atoms with Crippen molar-refractivity contribution in [1.82, 2.24) is 9.78 Å². The Morgan fingerprint density at radius 1 is 1.09 bits per heavy atom. The summed E-state index contributed by atoms with van der Waals surface area (Å²) in [5.41, 5.74) is 3.63. The molecular formula is C18H17FN2OS. The zero-order valence-electron chi connectivity index (χ0n) is 12.8. The molecule has 3 aromatic rings. The summed E-state index contributed by atoms with van der Waals surface area (Å²) in [6, 6.07) is 16.0. The van der Waals surface area contributed by atoms with E-state index in [0.29, 0.717) is 17.2 Å². The summed E-state index contributed by atoms with van der Waals surface area (Å²) in [6.45, 7) is 2.02. The van der Waals surface area contributed by atoms with E-state index in [-0.39, 0.29) is 5.82 Å². The zero-order chi connectivity index (χ0) is 16.2. The molecule has 1 heterocycles. The summed E-state index contributed by atoms with van der Waals surface area (Å²) in [4.78, 5) is 0. The van der Waals surface area contributed by atoms with Crippen LogP contribution in [-0.4, -0.2) is 14.0 Å². The average molecular weight is 328 g/mol. The van der Waals surface area contributed by atoms with Crippen LogP contribution in [0.4, 0.5) is 4.39 Å². The Morgan fingerprint density at radius 2 is 1.91 bits per heavy atom. The Labute approximate surface area is 137 Å².